The zero-order valence-electron chi connectivity index (χ0n) is 11.8. The molecule has 2 atom stereocenters. The van der Waals surface area contributed by atoms with Crippen LogP contribution in [0.15, 0.2) is 17.5 Å². The van der Waals surface area contributed by atoms with E-state index in [-0.39, 0.29) is 0 Å². The molecule has 1 aromatic rings. The summed E-state index contributed by atoms with van der Waals surface area (Å²) in [5, 5.41) is 6.06. The highest BCUT2D eigenvalue weighted by Crippen LogP contribution is 2.42. The van der Waals surface area contributed by atoms with Crippen molar-refractivity contribution in [2.24, 2.45) is 11.8 Å². The van der Waals surface area contributed by atoms with Gasteiger partial charge < -0.3 is 5.32 Å². The summed E-state index contributed by atoms with van der Waals surface area (Å²) in [6, 6.07) is 5.12. The lowest BCUT2D eigenvalue weighted by atomic mass is 9.98. The Morgan fingerprint density at radius 1 is 1.39 bits per heavy atom. The van der Waals surface area contributed by atoms with Crippen LogP contribution >= 0.6 is 11.3 Å². The lowest BCUT2D eigenvalue weighted by Crippen LogP contribution is -2.28. The number of thiophene rings is 1. The molecule has 0 amide bonds. The van der Waals surface area contributed by atoms with Crippen molar-refractivity contribution in [1.29, 1.82) is 0 Å². The van der Waals surface area contributed by atoms with Gasteiger partial charge in [0.1, 0.15) is 0 Å². The van der Waals surface area contributed by atoms with Gasteiger partial charge >= 0.3 is 0 Å². The van der Waals surface area contributed by atoms with Crippen LogP contribution < -0.4 is 5.32 Å². The molecule has 1 heterocycles. The van der Waals surface area contributed by atoms with Gasteiger partial charge in [0.25, 0.3) is 0 Å². The summed E-state index contributed by atoms with van der Waals surface area (Å²) in [5.74, 6) is 1.78. The number of unbranched alkanes of at least 4 members (excludes halogenated alkanes) is 1. The molecule has 1 aliphatic rings. The van der Waals surface area contributed by atoms with Crippen LogP contribution in [0.1, 0.15) is 63.3 Å². The van der Waals surface area contributed by atoms with E-state index in [1.54, 1.807) is 4.88 Å². The molecular weight excluding hydrogens is 238 g/mol. The van der Waals surface area contributed by atoms with Crippen molar-refractivity contribution in [2.75, 3.05) is 6.54 Å². The predicted molar refractivity (Wildman–Crippen MR) is 81.1 cm³/mol. The van der Waals surface area contributed by atoms with Gasteiger partial charge in [-0.2, -0.15) is 0 Å². The van der Waals surface area contributed by atoms with E-state index in [0.717, 1.165) is 11.8 Å². The minimum Gasteiger partial charge on any atom is -0.309 e. The van der Waals surface area contributed by atoms with Crippen LogP contribution in [-0.4, -0.2) is 6.54 Å². The maximum Gasteiger partial charge on any atom is 0.0443 e. The molecule has 0 aliphatic heterocycles. The van der Waals surface area contributed by atoms with Crippen molar-refractivity contribution in [2.45, 2.75) is 58.4 Å². The van der Waals surface area contributed by atoms with Gasteiger partial charge in [0.15, 0.2) is 0 Å². The van der Waals surface area contributed by atoms with E-state index in [4.69, 9.17) is 0 Å². The summed E-state index contributed by atoms with van der Waals surface area (Å²) in [6.45, 7) is 5.83. The third kappa shape index (κ3) is 4.10. The topological polar surface area (TPSA) is 12.0 Å². The standard InChI is InChI=1S/C16H27NS/c1-3-5-7-13(4-2)12-17-16(14-9-10-14)15-8-6-11-18-15/h6,8,11,13-14,16-17H,3-5,7,9-10,12H2,1-2H3. The summed E-state index contributed by atoms with van der Waals surface area (Å²) in [6.07, 6.45) is 8.25. The minimum absolute atomic E-state index is 0.640. The highest BCUT2D eigenvalue weighted by molar-refractivity contribution is 7.10. The van der Waals surface area contributed by atoms with Crippen LogP contribution in [0, 0.1) is 11.8 Å². The van der Waals surface area contributed by atoms with Crippen molar-refractivity contribution in [3.63, 3.8) is 0 Å². The molecular formula is C16H27NS. The van der Waals surface area contributed by atoms with Gasteiger partial charge in [-0.3, -0.25) is 0 Å². The molecule has 0 bridgehead atoms. The molecule has 1 N–H and O–H groups in total. The molecule has 1 fully saturated rings. The van der Waals surface area contributed by atoms with E-state index in [1.165, 1.54) is 45.1 Å². The van der Waals surface area contributed by atoms with Crippen molar-refractivity contribution < 1.29 is 0 Å². The van der Waals surface area contributed by atoms with E-state index >= 15 is 0 Å². The second kappa shape index (κ2) is 7.30. The highest BCUT2D eigenvalue weighted by Gasteiger charge is 2.32. The largest absolute Gasteiger partial charge is 0.309 e. The van der Waals surface area contributed by atoms with Crippen molar-refractivity contribution in [3.8, 4) is 0 Å². The first-order chi connectivity index (χ1) is 8.85. The summed E-state index contributed by atoms with van der Waals surface area (Å²) in [7, 11) is 0. The quantitative estimate of drug-likeness (QED) is 0.662. The monoisotopic (exact) mass is 265 g/mol. The fourth-order valence-corrected chi connectivity index (χ4v) is 3.53. The van der Waals surface area contributed by atoms with Crippen molar-refractivity contribution in [3.05, 3.63) is 22.4 Å². The van der Waals surface area contributed by atoms with Crippen molar-refractivity contribution in [1.82, 2.24) is 5.32 Å². The second-order valence-electron chi connectivity index (χ2n) is 5.66. The molecule has 0 saturated heterocycles. The Labute approximate surface area is 116 Å². The van der Waals surface area contributed by atoms with Crippen LogP contribution in [0.2, 0.25) is 0 Å². The van der Waals surface area contributed by atoms with Crippen LogP contribution in [-0.2, 0) is 0 Å². The number of hydrogen-bond acceptors (Lipinski definition) is 2. The van der Waals surface area contributed by atoms with Gasteiger partial charge in [-0.15, -0.1) is 11.3 Å². The predicted octanol–water partition coefficient (Wildman–Crippen LogP) is 5.01. The third-order valence-corrected chi connectivity index (χ3v) is 5.07. The molecule has 0 radical (unpaired) electrons. The molecule has 18 heavy (non-hydrogen) atoms. The molecule has 2 rings (SSSR count). The number of hydrogen-bond donors (Lipinski definition) is 1. The number of rotatable bonds is 9. The first kappa shape index (κ1) is 14.1. The summed E-state index contributed by atoms with van der Waals surface area (Å²) in [4.78, 5) is 1.54. The normalized spacial score (nSPS) is 18.8. The molecule has 1 aliphatic carbocycles. The Morgan fingerprint density at radius 3 is 2.78 bits per heavy atom. The van der Waals surface area contributed by atoms with E-state index in [0.29, 0.717) is 6.04 Å². The molecule has 0 spiro atoms. The van der Waals surface area contributed by atoms with E-state index in [9.17, 15) is 0 Å². The maximum absolute atomic E-state index is 3.85. The van der Waals surface area contributed by atoms with Crippen molar-refractivity contribution >= 4 is 11.3 Å². The van der Waals surface area contributed by atoms with E-state index in [2.05, 4.69) is 36.7 Å². The maximum atomic E-state index is 3.85. The molecule has 2 heteroatoms. The van der Waals surface area contributed by atoms with Gasteiger partial charge in [0.2, 0.25) is 0 Å². The summed E-state index contributed by atoms with van der Waals surface area (Å²) >= 11 is 1.91. The molecule has 102 valence electrons. The van der Waals surface area contributed by atoms with Crippen LogP contribution in [0.3, 0.4) is 0 Å². The van der Waals surface area contributed by atoms with Crippen LogP contribution in [0.5, 0.6) is 0 Å². The lowest BCUT2D eigenvalue weighted by Gasteiger charge is -2.21. The molecule has 0 aromatic carbocycles. The Hall–Kier alpha value is -0.340. The zero-order chi connectivity index (χ0) is 12.8. The van der Waals surface area contributed by atoms with E-state index < -0.39 is 0 Å². The van der Waals surface area contributed by atoms with Gasteiger partial charge in [-0.25, -0.2) is 0 Å². The Balaban J connectivity index is 1.82. The van der Waals surface area contributed by atoms with Crippen LogP contribution in [0.25, 0.3) is 0 Å². The number of nitrogens with one attached hydrogen (secondary N) is 1. The Bertz CT molecular complexity index is 316. The van der Waals surface area contributed by atoms with Gasteiger partial charge in [-0.05, 0) is 49.1 Å². The molecule has 1 saturated carbocycles. The van der Waals surface area contributed by atoms with Gasteiger partial charge in [-0.1, -0.05) is 39.2 Å². The minimum atomic E-state index is 0.640. The lowest BCUT2D eigenvalue weighted by molar-refractivity contribution is 0.377. The zero-order valence-corrected chi connectivity index (χ0v) is 12.6. The SMILES string of the molecule is CCCCC(CC)CNC(c1cccs1)C1CC1. The fraction of sp³-hybridized carbons (Fsp3) is 0.750. The van der Waals surface area contributed by atoms with Crippen LogP contribution in [0.4, 0.5) is 0 Å². The highest BCUT2D eigenvalue weighted by atomic mass is 32.1. The third-order valence-electron chi connectivity index (χ3n) is 4.11. The average Bonchev–Trinajstić information content (AvgIpc) is 3.08. The fourth-order valence-electron chi connectivity index (χ4n) is 2.63. The second-order valence-corrected chi connectivity index (χ2v) is 6.63. The first-order valence-corrected chi connectivity index (χ1v) is 8.49. The Morgan fingerprint density at radius 2 is 2.22 bits per heavy atom. The summed E-state index contributed by atoms with van der Waals surface area (Å²) < 4.78 is 0. The van der Waals surface area contributed by atoms with E-state index in [1.807, 2.05) is 11.3 Å². The Kier molecular flexibility index (Phi) is 5.71. The first-order valence-electron chi connectivity index (χ1n) is 7.61. The molecule has 2 unspecified atom stereocenters. The molecule has 1 aromatic heterocycles. The molecule has 1 nitrogen and oxygen atoms in total. The van der Waals surface area contributed by atoms with Gasteiger partial charge in [0.05, 0.1) is 0 Å². The summed E-state index contributed by atoms with van der Waals surface area (Å²) in [5.41, 5.74) is 0. The van der Waals surface area contributed by atoms with Gasteiger partial charge in [0, 0.05) is 10.9 Å². The smallest absolute Gasteiger partial charge is 0.0443 e. The average molecular weight is 265 g/mol.